The fourth-order valence-electron chi connectivity index (χ4n) is 3.22. The molecule has 0 N–H and O–H groups in total. The first-order chi connectivity index (χ1) is 14.7. The first-order valence-electron chi connectivity index (χ1n) is 10.4. The number of fused-ring (bicyclic) bond motifs is 1. The summed E-state index contributed by atoms with van der Waals surface area (Å²) in [6.07, 6.45) is 3.97. The molecule has 0 unspecified atom stereocenters. The molecule has 1 aromatic carbocycles. The second-order valence-corrected chi connectivity index (χ2v) is 8.00. The molecule has 30 heavy (non-hydrogen) atoms. The standard InChI is InChI=1S/C19H18IN3O2S.2C2H6/c1-13-12-23(26-20)18-17(13)10-16(11-21-18)14-3-2-4-15(9-14)19(24)22-5-7-25-8-6-22;2*1-2/h2-4,9-12H,5-8H2,1H3;2*1-2H3. The number of benzene rings is 1. The zero-order valence-electron chi connectivity index (χ0n) is 18.3. The predicted octanol–water partition coefficient (Wildman–Crippen LogP) is 6.38. The highest BCUT2D eigenvalue weighted by molar-refractivity contribution is 14.2. The topological polar surface area (TPSA) is 47.4 Å². The van der Waals surface area contributed by atoms with Crippen molar-refractivity contribution < 1.29 is 9.53 Å². The van der Waals surface area contributed by atoms with Gasteiger partial charge in [-0.3, -0.25) is 8.77 Å². The van der Waals surface area contributed by atoms with Crippen molar-refractivity contribution in [3.8, 4) is 11.1 Å². The van der Waals surface area contributed by atoms with E-state index < -0.39 is 0 Å². The van der Waals surface area contributed by atoms with Crippen LogP contribution in [0.4, 0.5) is 0 Å². The third kappa shape index (κ3) is 5.56. The van der Waals surface area contributed by atoms with Crippen LogP contribution in [0.5, 0.6) is 0 Å². The molecule has 0 saturated carbocycles. The number of hydrogen-bond donors (Lipinski definition) is 0. The molecule has 0 radical (unpaired) electrons. The summed E-state index contributed by atoms with van der Waals surface area (Å²) in [5, 5.41) is 1.14. The van der Waals surface area contributed by atoms with Crippen LogP contribution in [0.3, 0.4) is 0 Å². The van der Waals surface area contributed by atoms with Gasteiger partial charge in [0.25, 0.3) is 5.91 Å². The second kappa shape index (κ2) is 12.3. The van der Waals surface area contributed by atoms with Gasteiger partial charge in [0.1, 0.15) is 0 Å². The Morgan fingerprint density at radius 3 is 2.47 bits per heavy atom. The monoisotopic (exact) mass is 539 g/mol. The predicted molar refractivity (Wildman–Crippen MR) is 136 cm³/mol. The highest BCUT2D eigenvalue weighted by atomic mass is 127. The maximum Gasteiger partial charge on any atom is 0.254 e. The first kappa shape index (κ1) is 24.7. The molecule has 2 aromatic heterocycles. The van der Waals surface area contributed by atoms with E-state index in [1.165, 1.54) is 5.56 Å². The molecule has 0 spiro atoms. The van der Waals surface area contributed by atoms with Crippen LogP contribution in [-0.2, 0) is 4.74 Å². The largest absolute Gasteiger partial charge is 0.378 e. The Morgan fingerprint density at radius 2 is 1.80 bits per heavy atom. The Bertz CT molecular complexity index is 968. The number of carbonyl (C=O) groups excluding carboxylic acids is 1. The number of nitrogens with zero attached hydrogens (tertiary/aromatic N) is 3. The Kier molecular flexibility index (Phi) is 10.1. The van der Waals surface area contributed by atoms with Crippen molar-refractivity contribution in [3.63, 3.8) is 0 Å². The molecule has 4 rings (SSSR count). The molecule has 1 fully saturated rings. The molecule has 0 aliphatic carbocycles. The number of ether oxygens (including phenoxy) is 1. The molecule has 1 saturated heterocycles. The van der Waals surface area contributed by atoms with Crippen molar-refractivity contribution in [1.82, 2.24) is 13.9 Å². The van der Waals surface area contributed by atoms with Gasteiger partial charge in [-0.05, 0) is 36.2 Å². The molecule has 0 atom stereocenters. The molecule has 5 nitrogen and oxygen atoms in total. The molecular formula is C23H30IN3O2S. The van der Waals surface area contributed by atoms with Gasteiger partial charge in [0.05, 0.1) is 13.2 Å². The first-order valence-corrected chi connectivity index (χ1v) is 13.7. The summed E-state index contributed by atoms with van der Waals surface area (Å²) >= 11 is 2.26. The van der Waals surface area contributed by atoms with Crippen LogP contribution in [-0.4, -0.2) is 46.1 Å². The molecule has 0 bridgehead atoms. The quantitative estimate of drug-likeness (QED) is 0.363. The SMILES string of the molecule is CC.CC.Cc1cn(SI)c2ncc(-c3cccc(C(=O)N4CCOCC4)c3)cc12. The van der Waals surface area contributed by atoms with Crippen LogP contribution in [0.1, 0.15) is 43.6 Å². The van der Waals surface area contributed by atoms with E-state index in [-0.39, 0.29) is 5.91 Å². The summed E-state index contributed by atoms with van der Waals surface area (Å²) < 4.78 is 7.40. The number of pyridine rings is 1. The van der Waals surface area contributed by atoms with E-state index in [2.05, 4.69) is 49.3 Å². The zero-order valence-corrected chi connectivity index (χ0v) is 21.3. The van der Waals surface area contributed by atoms with Crippen molar-refractivity contribution in [3.05, 3.63) is 53.9 Å². The maximum absolute atomic E-state index is 12.7. The average molecular weight is 539 g/mol. The van der Waals surface area contributed by atoms with E-state index in [0.29, 0.717) is 31.9 Å². The lowest BCUT2D eigenvalue weighted by Gasteiger charge is -2.27. The van der Waals surface area contributed by atoms with Gasteiger partial charge in [-0.1, -0.05) is 39.8 Å². The fraction of sp³-hybridized carbons (Fsp3) is 0.391. The molecule has 162 valence electrons. The number of aromatic nitrogens is 2. The number of morpholine rings is 1. The number of aryl methyl sites for hydroxylation is 1. The molecule has 1 aliphatic rings. The zero-order chi connectivity index (χ0) is 22.1. The van der Waals surface area contributed by atoms with E-state index in [1.807, 2.05) is 63.1 Å². The average Bonchev–Trinajstić information content (AvgIpc) is 3.17. The van der Waals surface area contributed by atoms with Crippen LogP contribution in [0.15, 0.2) is 42.7 Å². The van der Waals surface area contributed by atoms with Gasteiger partial charge in [0.2, 0.25) is 0 Å². The van der Waals surface area contributed by atoms with Crippen LogP contribution >= 0.6 is 30.3 Å². The fourth-order valence-corrected chi connectivity index (χ4v) is 4.53. The smallest absolute Gasteiger partial charge is 0.254 e. The molecule has 1 aliphatic heterocycles. The summed E-state index contributed by atoms with van der Waals surface area (Å²) in [5.74, 6) is 0.0628. The number of carbonyl (C=O) groups is 1. The van der Waals surface area contributed by atoms with Gasteiger partial charge in [0.15, 0.2) is 5.65 Å². The van der Waals surface area contributed by atoms with E-state index in [4.69, 9.17) is 4.74 Å². The lowest BCUT2D eigenvalue weighted by atomic mass is 10.0. The lowest BCUT2D eigenvalue weighted by Crippen LogP contribution is -2.40. The Hall–Kier alpha value is -1.58. The van der Waals surface area contributed by atoms with Gasteiger partial charge in [-0.15, -0.1) is 0 Å². The normalized spacial score (nSPS) is 13.2. The van der Waals surface area contributed by atoms with Crippen molar-refractivity contribution in [2.45, 2.75) is 34.6 Å². The third-order valence-electron chi connectivity index (χ3n) is 4.63. The van der Waals surface area contributed by atoms with Gasteiger partial charge in [0, 0.05) is 72.3 Å². The summed E-state index contributed by atoms with van der Waals surface area (Å²) in [4.78, 5) is 19.2. The minimum absolute atomic E-state index is 0.0628. The summed E-state index contributed by atoms with van der Waals surface area (Å²) in [6.45, 7) is 12.6. The lowest BCUT2D eigenvalue weighted by molar-refractivity contribution is 0.0303. The third-order valence-corrected chi connectivity index (χ3v) is 6.33. The number of halogens is 1. The number of amides is 1. The van der Waals surface area contributed by atoms with Crippen molar-refractivity contribution in [1.29, 1.82) is 0 Å². The highest BCUT2D eigenvalue weighted by Gasteiger charge is 2.19. The second-order valence-electron chi connectivity index (χ2n) is 6.29. The van der Waals surface area contributed by atoms with E-state index >= 15 is 0 Å². The van der Waals surface area contributed by atoms with Gasteiger partial charge in [-0.2, -0.15) is 0 Å². The Labute approximate surface area is 195 Å². The van der Waals surface area contributed by atoms with Crippen LogP contribution in [0.25, 0.3) is 22.2 Å². The molecule has 3 aromatic rings. The highest BCUT2D eigenvalue weighted by Crippen LogP contribution is 2.30. The Balaban J connectivity index is 0.000000757. The molecule has 7 heteroatoms. The molecule has 1 amide bonds. The van der Waals surface area contributed by atoms with Gasteiger partial charge < -0.3 is 9.64 Å². The Morgan fingerprint density at radius 1 is 1.10 bits per heavy atom. The van der Waals surface area contributed by atoms with Crippen LogP contribution < -0.4 is 0 Å². The van der Waals surface area contributed by atoms with Crippen molar-refractivity contribution >= 4 is 47.3 Å². The van der Waals surface area contributed by atoms with E-state index in [9.17, 15) is 4.79 Å². The molecule has 3 heterocycles. The number of rotatable bonds is 3. The summed E-state index contributed by atoms with van der Waals surface area (Å²) in [6, 6.07) is 9.95. The molecular weight excluding hydrogens is 509 g/mol. The van der Waals surface area contributed by atoms with E-state index in [0.717, 1.165) is 22.2 Å². The minimum Gasteiger partial charge on any atom is -0.378 e. The summed E-state index contributed by atoms with van der Waals surface area (Å²) in [5.41, 5.74) is 4.90. The number of hydrogen-bond acceptors (Lipinski definition) is 4. The van der Waals surface area contributed by atoms with Gasteiger partial charge >= 0.3 is 0 Å². The van der Waals surface area contributed by atoms with E-state index in [1.54, 1.807) is 9.12 Å². The van der Waals surface area contributed by atoms with Crippen molar-refractivity contribution in [2.24, 2.45) is 0 Å². The van der Waals surface area contributed by atoms with Crippen LogP contribution in [0.2, 0.25) is 0 Å². The van der Waals surface area contributed by atoms with Crippen LogP contribution in [0, 0.1) is 6.92 Å². The maximum atomic E-state index is 12.7. The van der Waals surface area contributed by atoms with Gasteiger partial charge in [-0.25, -0.2) is 4.98 Å². The van der Waals surface area contributed by atoms with Crippen molar-refractivity contribution in [2.75, 3.05) is 26.3 Å². The summed E-state index contributed by atoms with van der Waals surface area (Å²) in [7, 11) is 1.61. The minimum atomic E-state index is 0.0628.